The number of hydrogen-bond acceptors (Lipinski definition) is 6. The van der Waals surface area contributed by atoms with Crippen molar-refractivity contribution < 1.29 is 14.5 Å². The van der Waals surface area contributed by atoms with Crippen molar-refractivity contribution in [3.8, 4) is 0 Å². The van der Waals surface area contributed by atoms with Gasteiger partial charge in [0.05, 0.1) is 11.5 Å². The van der Waals surface area contributed by atoms with Crippen LogP contribution < -0.4 is 16.6 Å². The van der Waals surface area contributed by atoms with Crippen LogP contribution >= 0.6 is 0 Å². The molecule has 0 spiro atoms. The molecule has 21 heavy (non-hydrogen) atoms. The second kappa shape index (κ2) is 8.18. The number of hydrazine groups is 1. The molecule has 0 aliphatic carbocycles. The van der Waals surface area contributed by atoms with Gasteiger partial charge in [0.25, 0.3) is 11.6 Å². The minimum Gasteiger partial charge on any atom is -0.379 e. The molecule has 0 fully saturated rings. The second-order valence-corrected chi connectivity index (χ2v) is 4.86. The van der Waals surface area contributed by atoms with Gasteiger partial charge in [0, 0.05) is 24.8 Å². The van der Waals surface area contributed by atoms with Gasteiger partial charge in [-0.05, 0) is 18.1 Å². The van der Waals surface area contributed by atoms with Crippen LogP contribution in [0.3, 0.4) is 0 Å². The van der Waals surface area contributed by atoms with E-state index in [0.717, 1.165) is 0 Å². The molecule has 0 aliphatic rings. The van der Waals surface area contributed by atoms with Crippen molar-refractivity contribution in [1.82, 2.24) is 5.32 Å². The predicted octanol–water partition coefficient (Wildman–Crippen LogP) is 1.28. The van der Waals surface area contributed by atoms with Crippen LogP contribution in [0, 0.1) is 16.0 Å². The Kier molecular flexibility index (Phi) is 6.57. The standard InChI is InChI=1S/C13H20N4O4/c1-9(2)8-21-6-5-15-13(18)10-3-4-11(16-14)12(7-10)17(19)20/h3-4,7,9,16H,5-6,8,14H2,1-2H3,(H,15,18). The summed E-state index contributed by atoms with van der Waals surface area (Å²) in [6.07, 6.45) is 0. The number of carbonyl (C=O) groups is 1. The number of anilines is 1. The highest BCUT2D eigenvalue weighted by atomic mass is 16.6. The average Bonchev–Trinajstić information content (AvgIpc) is 2.45. The van der Waals surface area contributed by atoms with E-state index in [0.29, 0.717) is 25.7 Å². The zero-order valence-corrected chi connectivity index (χ0v) is 12.1. The third kappa shape index (κ3) is 5.36. The summed E-state index contributed by atoms with van der Waals surface area (Å²) in [5.74, 6) is 5.22. The van der Waals surface area contributed by atoms with E-state index in [1.807, 2.05) is 13.8 Å². The normalized spacial score (nSPS) is 10.5. The minimum absolute atomic E-state index is 0.150. The van der Waals surface area contributed by atoms with E-state index in [1.54, 1.807) is 0 Å². The third-order valence-electron chi connectivity index (χ3n) is 2.60. The Morgan fingerprint density at radius 3 is 2.76 bits per heavy atom. The molecule has 1 aromatic carbocycles. The van der Waals surface area contributed by atoms with E-state index in [1.165, 1.54) is 18.2 Å². The number of amides is 1. The van der Waals surface area contributed by atoms with Crippen molar-refractivity contribution in [2.45, 2.75) is 13.8 Å². The minimum atomic E-state index is -0.599. The van der Waals surface area contributed by atoms with Gasteiger partial charge in [-0.3, -0.25) is 20.8 Å². The number of nitrogen functional groups attached to an aromatic ring is 1. The fraction of sp³-hybridized carbons (Fsp3) is 0.462. The van der Waals surface area contributed by atoms with Gasteiger partial charge in [-0.15, -0.1) is 0 Å². The zero-order chi connectivity index (χ0) is 15.8. The number of nitro groups is 1. The molecule has 0 radical (unpaired) electrons. The summed E-state index contributed by atoms with van der Waals surface area (Å²) in [6, 6.07) is 4.04. The second-order valence-electron chi connectivity index (χ2n) is 4.86. The summed E-state index contributed by atoms with van der Waals surface area (Å²) in [7, 11) is 0. The Morgan fingerprint density at radius 1 is 1.48 bits per heavy atom. The third-order valence-corrected chi connectivity index (χ3v) is 2.60. The number of hydrogen-bond donors (Lipinski definition) is 3. The number of carbonyl (C=O) groups excluding carboxylic acids is 1. The molecule has 1 amide bonds. The van der Waals surface area contributed by atoms with Crippen LogP contribution in [0.15, 0.2) is 18.2 Å². The lowest BCUT2D eigenvalue weighted by atomic mass is 10.1. The molecule has 0 saturated heterocycles. The molecule has 0 aliphatic heterocycles. The summed E-state index contributed by atoms with van der Waals surface area (Å²) in [5.41, 5.74) is 2.32. The van der Waals surface area contributed by atoms with E-state index in [2.05, 4.69) is 10.7 Å². The topological polar surface area (TPSA) is 120 Å². The molecule has 1 rings (SSSR count). The van der Waals surface area contributed by atoms with Gasteiger partial charge in [-0.2, -0.15) is 0 Å². The van der Waals surface area contributed by atoms with Crippen molar-refractivity contribution >= 4 is 17.3 Å². The van der Waals surface area contributed by atoms with E-state index in [9.17, 15) is 14.9 Å². The Balaban J connectivity index is 2.58. The molecule has 116 valence electrons. The van der Waals surface area contributed by atoms with Crippen molar-refractivity contribution in [2.24, 2.45) is 11.8 Å². The summed E-state index contributed by atoms with van der Waals surface area (Å²) in [5, 5.41) is 13.5. The van der Waals surface area contributed by atoms with Crippen LogP contribution in [0.1, 0.15) is 24.2 Å². The molecule has 0 heterocycles. The Hall–Kier alpha value is -2.19. The van der Waals surface area contributed by atoms with E-state index in [-0.39, 0.29) is 16.9 Å². The fourth-order valence-corrected chi connectivity index (χ4v) is 1.60. The molecular weight excluding hydrogens is 276 g/mol. The molecule has 0 bridgehead atoms. The van der Waals surface area contributed by atoms with Gasteiger partial charge in [0.2, 0.25) is 0 Å². The lowest BCUT2D eigenvalue weighted by molar-refractivity contribution is -0.384. The van der Waals surface area contributed by atoms with Gasteiger partial charge in [-0.1, -0.05) is 13.8 Å². The van der Waals surface area contributed by atoms with Crippen LogP contribution in [0.2, 0.25) is 0 Å². The smallest absolute Gasteiger partial charge is 0.294 e. The van der Waals surface area contributed by atoms with Gasteiger partial charge in [0.1, 0.15) is 5.69 Å². The maximum absolute atomic E-state index is 11.9. The van der Waals surface area contributed by atoms with E-state index in [4.69, 9.17) is 10.6 Å². The molecule has 8 nitrogen and oxygen atoms in total. The van der Waals surface area contributed by atoms with Crippen LogP contribution in [-0.4, -0.2) is 30.6 Å². The first kappa shape index (κ1) is 16.9. The van der Waals surface area contributed by atoms with Crippen LogP contribution in [-0.2, 0) is 4.74 Å². The summed E-state index contributed by atoms with van der Waals surface area (Å²) in [6.45, 7) is 5.43. The maximum Gasteiger partial charge on any atom is 0.294 e. The van der Waals surface area contributed by atoms with Gasteiger partial charge >= 0.3 is 0 Å². The monoisotopic (exact) mass is 296 g/mol. The molecule has 4 N–H and O–H groups in total. The number of nitrogens with zero attached hydrogens (tertiary/aromatic N) is 1. The van der Waals surface area contributed by atoms with Crippen molar-refractivity contribution in [3.05, 3.63) is 33.9 Å². The average molecular weight is 296 g/mol. The van der Waals surface area contributed by atoms with Crippen LogP contribution in [0.4, 0.5) is 11.4 Å². The molecule has 1 aromatic rings. The quantitative estimate of drug-likeness (QED) is 0.288. The molecule has 0 atom stereocenters. The Labute approximate surface area is 122 Å². The highest BCUT2D eigenvalue weighted by molar-refractivity contribution is 5.95. The van der Waals surface area contributed by atoms with E-state index < -0.39 is 10.8 Å². The van der Waals surface area contributed by atoms with Crippen LogP contribution in [0.5, 0.6) is 0 Å². The lowest BCUT2D eigenvalue weighted by Gasteiger charge is -2.09. The SMILES string of the molecule is CC(C)COCCNC(=O)c1ccc(NN)c([N+](=O)[O-])c1. The van der Waals surface area contributed by atoms with Gasteiger partial charge in [0.15, 0.2) is 0 Å². The molecular formula is C13H20N4O4. The van der Waals surface area contributed by atoms with Crippen molar-refractivity contribution in [3.63, 3.8) is 0 Å². The zero-order valence-electron chi connectivity index (χ0n) is 12.1. The first-order chi connectivity index (χ1) is 9.95. The summed E-state index contributed by atoms with van der Waals surface area (Å²) >= 11 is 0. The summed E-state index contributed by atoms with van der Waals surface area (Å²) in [4.78, 5) is 22.2. The number of benzene rings is 1. The van der Waals surface area contributed by atoms with Gasteiger partial charge in [-0.25, -0.2) is 0 Å². The van der Waals surface area contributed by atoms with E-state index >= 15 is 0 Å². The largest absolute Gasteiger partial charge is 0.379 e. The Morgan fingerprint density at radius 2 is 2.19 bits per heavy atom. The number of nitrogens with one attached hydrogen (secondary N) is 2. The Bertz CT molecular complexity index is 505. The first-order valence-electron chi connectivity index (χ1n) is 6.56. The highest BCUT2D eigenvalue weighted by Crippen LogP contribution is 2.24. The number of rotatable bonds is 8. The number of ether oxygens (including phenoxy) is 1. The molecule has 0 aromatic heterocycles. The number of nitrogens with two attached hydrogens (primary N) is 1. The first-order valence-corrected chi connectivity index (χ1v) is 6.56. The van der Waals surface area contributed by atoms with Crippen molar-refractivity contribution in [1.29, 1.82) is 0 Å². The predicted molar refractivity (Wildman–Crippen MR) is 78.9 cm³/mol. The fourth-order valence-electron chi connectivity index (χ4n) is 1.60. The highest BCUT2D eigenvalue weighted by Gasteiger charge is 2.16. The van der Waals surface area contributed by atoms with Crippen LogP contribution in [0.25, 0.3) is 0 Å². The number of nitro benzene ring substituents is 1. The van der Waals surface area contributed by atoms with Crippen molar-refractivity contribution in [2.75, 3.05) is 25.2 Å². The lowest BCUT2D eigenvalue weighted by Crippen LogP contribution is -2.27. The summed E-state index contributed by atoms with van der Waals surface area (Å²) < 4.78 is 5.33. The maximum atomic E-state index is 11.9. The molecule has 0 unspecified atom stereocenters. The van der Waals surface area contributed by atoms with Gasteiger partial charge < -0.3 is 15.5 Å². The molecule has 8 heteroatoms. The molecule has 0 saturated carbocycles.